The van der Waals surface area contributed by atoms with Crippen molar-refractivity contribution >= 4 is 11.8 Å². The summed E-state index contributed by atoms with van der Waals surface area (Å²) in [4.78, 5) is 2.68. The molecule has 76 valence electrons. The van der Waals surface area contributed by atoms with Gasteiger partial charge in [-0.1, -0.05) is 13.8 Å². The monoisotopic (exact) mass is 200 g/mol. The summed E-state index contributed by atoms with van der Waals surface area (Å²) in [5.41, 5.74) is 0. The average Bonchev–Trinajstić information content (AvgIpc) is 2.17. The van der Waals surface area contributed by atoms with Gasteiger partial charge >= 0.3 is 0 Å². The number of fused-ring (bicyclic) bond motifs is 1. The topological polar surface area (TPSA) is 15.3 Å². The maximum atomic E-state index is 3.66. The molecule has 2 nitrogen and oxygen atoms in total. The number of thioether (sulfide) groups is 1. The van der Waals surface area contributed by atoms with Gasteiger partial charge in [-0.25, -0.2) is 0 Å². The number of rotatable bonds is 1. The van der Waals surface area contributed by atoms with Crippen molar-refractivity contribution < 1.29 is 0 Å². The van der Waals surface area contributed by atoms with Crippen LogP contribution in [0.3, 0.4) is 0 Å². The molecular formula is C10H20N2S. The van der Waals surface area contributed by atoms with Gasteiger partial charge in [0.25, 0.3) is 0 Å². The van der Waals surface area contributed by atoms with E-state index in [9.17, 15) is 0 Å². The SMILES string of the molecule is CC(C)[C@H]1CN2CCSCC2CN1. The first kappa shape index (κ1) is 9.81. The molecule has 0 aromatic heterocycles. The van der Waals surface area contributed by atoms with Gasteiger partial charge < -0.3 is 5.32 Å². The van der Waals surface area contributed by atoms with E-state index < -0.39 is 0 Å². The predicted molar refractivity (Wildman–Crippen MR) is 59.3 cm³/mol. The predicted octanol–water partition coefficient (Wildman–Crippen LogP) is 1.03. The lowest BCUT2D eigenvalue weighted by molar-refractivity contribution is 0.129. The van der Waals surface area contributed by atoms with Crippen LogP contribution in [0.5, 0.6) is 0 Å². The maximum Gasteiger partial charge on any atom is 0.0312 e. The van der Waals surface area contributed by atoms with Crippen LogP contribution in [0.15, 0.2) is 0 Å². The van der Waals surface area contributed by atoms with Gasteiger partial charge in [-0.3, -0.25) is 4.90 Å². The third-order valence-corrected chi connectivity index (χ3v) is 4.29. The van der Waals surface area contributed by atoms with E-state index in [0.29, 0.717) is 0 Å². The molecule has 1 unspecified atom stereocenters. The molecule has 1 N–H and O–H groups in total. The van der Waals surface area contributed by atoms with Crippen LogP contribution >= 0.6 is 11.8 Å². The van der Waals surface area contributed by atoms with Crippen molar-refractivity contribution in [2.24, 2.45) is 5.92 Å². The standard InChI is InChI=1S/C10H20N2S/c1-8(2)10-6-12-3-4-13-7-9(12)5-11-10/h8-11H,3-7H2,1-2H3/t9?,10-/m1/s1. The second kappa shape index (κ2) is 4.20. The quantitative estimate of drug-likeness (QED) is 0.681. The highest BCUT2D eigenvalue weighted by Crippen LogP contribution is 2.20. The first-order valence-electron chi connectivity index (χ1n) is 5.32. The van der Waals surface area contributed by atoms with Gasteiger partial charge in [0.1, 0.15) is 0 Å². The molecule has 0 aromatic carbocycles. The summed E-state index contributed by atoms with van der Waals surface area (Å²) >= 11 is 2.11. The summed E-state index contributed by atoms with van der Waals surface area (Å²) in [6.45, 7) is 8.41. The van der Waals surface area contributed by atoms with Crippen molar-refractivity contribution in [2.45, 2.75) is 25.9 Å². The van der Waals surface area contributed by atoms with Crippen molar-refractivity contribution in [3.05, 3.63) is 0 Å². The zero-order valence-corrected chi connectivity index (χ0v) is 9.44. The van der Waals surface area contributed by atoms with E-state index in [-0.39, 0.29) is 0 Å². The van der Waals surface area contributed by atoms with Crippen LogP contribution < -0.4 is 5.32 Å². The number of hydrogen-bond acceptors (Lipinski definition) is 3. The third-order valence-electron chi connectivity index (χ3n) is 3.20. The molecule has 0 radical (unpaired) electrons. The molecule has 0 amide bonds. The highest BCUT2D eigenvalue weighted by molar-refractivity contribution is 7.99. The van der Waals surface area contributed by atoms with Gasteiger partial charge in [-0.2, -0.15) is 11.8 Å². The lowest BCUT2D eigenvalue weighted by Crippen LogP contribution is -2.60. The van der Waals surface area contributed by atoms with Crippen LogP contribution in [0, 0.1) is 5.92 Å². The minimum Gasteiger partial charge on any atom is -0.311 e. The van der Waals surface area contributed by atoms with Crippen molar-refractivity contribution in [2.75, 3.05) is 31.1 Å². The van der Waals surface area contributed by atoms with Gasteiger partial charge in [-0.05, 0) is 5.92 Å². The molecule has 2 rings (SSSR count). The van der Waals surface area contributed by atoms with Crippen LogP contribution in [0.1, 0.15) is 13.8 Å². The summed E-state index contributed by atoms with van der Waals surface area (Å²) in [6.07, 6.45) is 0. The highest BCUT2D eigenvalue weighted by Gasteiger charge is 2.30. The second-order valence-electron chi connectivity index (χ2n) is 4.48. The minimum absolute atomic E-state index is 0.722. The second-order valence-corrected chi connectivity index (χ2v) is 5.63. The van der Waals surface area contributed by atoms with Gasteiger partial charge in [0.2, 0.25) is 0 Å². The molecule has 3 heteroatoms. The average molecular weight is 200 g/mol. The van der Waals surface area contributed by atoms with Crippen LogP contribution in [0.2, 0.25) is 0 Å². The lowest BCUT2D eigenvalue weighted by atomic mass is 10.00. The molecule has 0 spiro atoms. The zero-order valence-electron chi connectivity index (χ0n) is 8.62. The number of hydrogen-bond donors (Lipinski definition) is 1. The summed E-state index contributed by atoms with van der Waals surface area (Å²) in [6, 6.07) is 1.54. The molecule has 0 bridgehead atoms. The summed E-state index contributed by atoms with van der Waals surface area (Å²) in [5.74, 6) is 3.44. The van der Waals surface area contributed by atoms with Crippen LogP contribution in [-0.4, -0.2) is 48.1 Å². The molecular weight excluding hydrogens is 180 g/mol. The highest BCUT2D eigenvalue weighted by atomic mass is 32.2. The number of nitrogens with zero attached hydrogens (tertiary/aromatic N) is 1. The van der Waals surface area contributed by atoms with Gasteiger partial charge in [-0.15, -0.1) is 0 Å². The molecule has 2 aliphatic heterocycles. The first-order valence-corrected chi connectivity index (χ1v) is 6.48. The molecule has 13 heavy (non-hydrogen) atoms. The van der Waals surface area contributed by atoms with Crippen LogP contribution in [0.25, 0.3) is 0 Å². The summed E-state index contributed by atoms with van der Waals surface area (Å²) < 4.78 is 0. The van der Waals surface area contributed by atoms with Gasteiger partial charge in [0, 0.05) is 43.2 Å². The van der Waals surface area contributed by atoms with E-state index in [1.807, 2.05) is 0 Å². The lowest BCUT2D eigenvalue weighted by Gasteiger charge is -2.44. The molecule has 2 saturated heterocycles. The smallest absolute Gasteiger partial charge is 0.0312 e. The van der Waals surface area contributed by atoms with Crippen molar-refractivity contribution in [3.63, 3.8) is 0 Å². The number of nitrogens with one attached hydrogen (secondary N) is 1. The molecule has 2 heterocycles. The Morgan fingerprint density at radius 1 is 1.46 bits per heavy atom. The third kappa shape index (κ3) is 2.20. The Hall–Kier alpha value is 0.270. The molecule has 2 atom stereocenters. The minimum atomic E-state index is 0.722. The fourth-order valence-electron chi connectivity index (χ4n) is 2.17. The van der Waals surface area contributed by atoms with Crippen LogP contribution in [-0.2, 0) is 0 Å². The van der Waals surface area contributed by atoms with Gasteiger partial charge in [0.15, 0.2) is 0 Å². The molecule has 0 saturated carbocycles. The number of piperazine rings is 1. The Labute approximate surface area is 85.4 Å². The fourth-order valence-corrected chi connectivity index (χ4v) is 3.30. The van der Waals surface area contributed by atoms with Crippen LogP contribution in [0.4, 0.5) is 0 Å². The molecule has 0 aromatic rings. The van der Waals surface area contributed by atoms with Crippen molar-refractivity contribution in [1.29, 1.82) is 0 Å². The Balaban J connectivity index is 1.91. The molecule has 2 aliphatic rings. The maximum absolute atomic E-state index is 3.66. The Kier molecular flexibility index (Phi) is 3.17. The zero-order chi connectivity index (χ0) is 9.26. The fraction of sp³-hybridized carbons (Fsp3) is 1.00. The largest absolute Gasteiger partial charge is 0.311 e. The normalized spacial score (nSPS) is 36.2. The Bertz CT molecular complexity index is 172. The van der Waals surface area contributed by atoms with E-state index >= 15 is 0 Å². The first-order chi connectivity index (χ1) is 6.27. The van der Waals surface area contributed by atoms with Crippen molar-refractivity contribution in [1.82, 2.24) is 10.2 Å². The van der Waals surface area contributed by atoms with E-state index in [4.69, 9.17) is 0 Å². The van der Waals surface area contributed by atoms with E-state index in [0.717, 1.165) is 18.0 Å². The van der Waals surface area contributed by atoms with E-state index in [2.05, 4.69) is 35.8 Å². The Morgan fingerprint density at radius 2 is 2.31 bits per heavy atom. The Morgan fingerprint density at radius 3 is 3.08 bits per heavy atom. The summed E-state index contributed by atoms with van der Waals surface area (Å²) in [7, 11) is 0. The van der Waals surface area contributed by atoms with E-state index in [1.54, 1.807) is 0 Å². The van der Waals surface area contributed by atoms with E-state index in [1.165, 1.54) is 31.1 Å². The molecule has 2 fully saturated rings. The van der Waals surface area contributed by atoms with Crippen molar-refractivity contribution in [3.8, 4) is 0 Å². The van der Waals surface area contributed by atoms with Gasteiger partial charge in [0.05, 0.1) is 0 Å². The summed E-state index contributed by atoms with van der Waals surface area (Å²) in [5, 5.41) is 3.66. The molecule has 0 aliphatic carbocycles.